The van der Waals surface area contributed by atoms with Gasteiger partial charge in [-0.1, -0.05) is 11.6 Å². The van der Waals surface area contributed by atoms with Crippen LogP contribution in [0.2, 0.25) is 5.02 Å². The van der Waals surface area contributed by atoms with Crippen LogP contribution in [-0.2, 0) is 24.3 Å². The lowest BCUT2D eigenvalue weighted by Gasteiger charge is -2.14. The highest BCUT2D eigenvalue weighted by Crippen LogP contribution is 2.15. The van der Waals surface area contributed by atoms with Crippen LogP contribution in [0.25, 0.3) is 0 Å². The van der Waals surface area contributed by atoms with E-state index in [9.17, 15) is 18.0 Å². The van der Waals surface area contributed by atoms with E-state index in [1.165, 1.54) is 24.3 Å². The minimum Gasteiger partial charge on any atom is -0.480 e. The third kappa shape index (κ3) is 5.33. The van der Waals surface area contributed by atoms with E-state index in [-0.39, 0.29) is 17.7 Å². The minimum atomic E-state index is -4.02. The van der Waals surface area contributed by atoms with E-state index in [0.717, 1.165) is 7.11 Å². The molecule has 0 aliphatic heterocycles. The predicted molar refractivity (Wildman–Crippen MR) is 74.4 cm³/mol. The summed E-state index contributed by atoms with van der Waals surface area (Å²) in [5, 5.41) is 9.37. The van der Waals surface area contributed by atoms with Crippen molar-refractivity contribution in [3.63, 3.8) is 0 Å². The zero-order valence-electron chi connectivity index (χ0n) is 11.1. The van der Waals surface area contributed by atoms with Gasteiger partial charge in [0.1, 0.15) is 6.04 Å². The van der Waals surface area contributed by atoms with Crippen LogP contribution in [0.4, 0.5) is 0 Å². The zero-order chi connectivity index (χ0) is 16.0. The molecule has 1 atom stereocenters. The number of aliphatic carboxylic acids is 1. The molecule has 0 radical (unpaired) electrons. The number of esters is 1. The van der Waals surface area contributed by atoms with E-state index in [0.29, 0.717) is 5.02 Å². The Kier molecular flexibility index (Phi) is 6.13. The molecule has 0 aromatic heterocycles. The van der Waals surface area contributed by atoms with Crippen molar-refractivity contribution in [3.8, 4) is 0 Å². The number of carboxylic acids is 1. The summed E-state index contributed by atoms with van der Waals surface area (Å²) in [7, 11) is -2.85. The monoisotopic (exact) mass is 335 g/mol. The Hall–Kier alpha value is -1.64. The molecule has 0 saturated carbocycles. The molecule has 0 saturated heterocycles. The number of hydrogen-bond acceptors (Lipinski definition) is 5. The number of ether oxygens (including phenoxy) is 1. The number of nitrogens with one attached hydrogen (secondary N) is 1. The number of carboxylic acid groups (broad SMARTS) is 1. The van der Waals surface area contributed by atoms with E-state index < -0.39 is 28.0 Å². The van der Waals surface area contributed by atoms with Gasteiger partial charge in [0, 0.05) is 11.4 Å². The smallest absolute Gasteiger partial charge is 0.321 e. The van der Waals surface area contributed by atoms with Gasteiger partial charge in [-0.25, -0.2) is 8.42 Å². The SMILES string of the molecule is COC(=O)CCC(NS(=O)(=O)c1ccc(Cl)cc1)C(=O)O. The number of sulfonamides is 1. The Morgan fingerprint density at radius 1 is 1.33 bits per heavy atom. The number of halogens is 1. The van der Waals surface area contributed by atoms with Crippen molar-refractivity contribution in [2.24, 2.45) is 0 Å². The number of hydrogen-bond donors (Lipinski definition) is 2. The molecule has 9 heteroatoms. The number of rotatable bonds is 7. The molecule has 1 aromatic carbocycles. The van der Waals surface area contributed by atoms with E-state index in [2.05, 4.69) is 4.74 Å². The van der Waals surface area contributed by atoms with Gasteiger partial charge in [0.05, 0.1) is 12.0 Å². The Balaban J connectivity index is 2.84. The first-order chi connectivity index (χ1) is 9.76. The first-order valence-electron chi connectivity index (χ1n) is 5.84. The van der Waals surface area contributed by atoms with Crippen molar-refractivity contribution >= 4 is 33.6 Å². The van der Waals surface area contributed by atoms with Crippen molar-refractivity contribution < 1.29 is 27.9 Å². The molecular weight excluding hydrogens is 322 g/mol. The lowest BCUT2D eigenvalue weighted by atomic mass is 10.2. The van der Waals surface area contributed by atoms with Gasteiger partial charge in [-0.15, -0.1) is 0 Å². The summed E-state index contributed by atoms with van der Waals surface area (Å²) in [6.45, 7) is 0. The summed E-state index contributed by atoms with van der Waals surface area (Å²) < 4.78 is 30.5. The van der Waals surface area contributed by atoms with Gasteiger partial charge < -0.3 is 9.84 Å². The van der Waals surface area contributed by atoms with Crippen LogP contribution in [0, 0.1) is 0 Å². The summed E-state index contributed by atoms with van der Waals surface area (Å²) in [6, 6.07) is 3.83. The normalized spacial score (nSPS) is 12.7. The van der Waals surface area contributed by atoms with Crippen LogP contribution in [0.15, 0.2) is 29.2 Å². The number of carbonyl (C=O) groups excluding carboxylic acids is 1. The lowest BCUT2D eigenvalue weighted by molar-refractivity contribution is -0.142. The van der Waals surface area contributed by atoms with Gasteiger partial charge in [0.2, 0.25) is 10.0 Å². The molecule has 0 aliphatic rings. The highest BCUT2D eigenvalue weighted by molar-refractivity contribution is 7.89. The topological polar surface area (TPSA) is 110 Å². The molecule has 0 fully saturated rings. The largest absolute Gasteiger partial charge is 0.480 e. The second-order valence-electron chi connectivity index (χ2n) is 4.08. The Labute approximate surface area is 126 Å². The van der Waals surface area contributed by atoms with Gasteiger partial charge in [-0.3, -0.25) is 9.59 Å². The summed E-state index contributed by atoms with van der Waals surface area (Å²) in [5.41, 5.74) is 0. The average molecular weight is 336 g/mol. The van der Waals surface area contributed by atoms with Crippen molar-refractivity contribution in [1.82, 2.24) is 4.72 Å². The molecule has 1 unspecified atom stereocenters. The number of benzene rings is 1. The maximum Gasteiger partial charge on any atom is 0.321 e. The standard InChI is InChI=1S/C12H14ClNO6S/c1-20-11(15)7-6-10(12(16)17)14-21(18,19)9-4-2-8(13)3-5-9/h2-5,10,14H,6-7H2,1H3,(H,16,17). The van der Waals surface area contributed by atoms with Crippen molar-refractivity contribution in [3.05, 3.63) is 29.3 Å². The van der Waals surface area contributed by atoms with E-state index in [1.807, 2.05) is 4.72 Å². The van der Waals surface area contributed by atoms with Gasteiger partial charge in [0.25, 0.3) is 0 Å². The molecule has 0 heterocycles. The first-order valence-corrected chi connectivity index (χ1v) is 7.70. The Morgan fingerprint density at radius 2 is 1.90 bits per heavy atom. The third-order valence-electron chi connectivity index (χ3n) is 2.58. The van der Waals surface area contributed by atoms with Crippen LogP contribution in [-0.4, -0.2) is 38.6 Å². The van der Waals surface area contributed by atoms with Crippen LogP contribution in [0.1, 0.15) is 12.8 Å². The molecule has 21 heavy (non-hydrogen) atoms. The van der Waals surface area contributed by atoms with Gasteiger partial charge in [-0.2, -0.15) is 4.72 Å². The zero-order valence-corrected chi connectivity index (χ0v) is 12.6. The molecule has 1 aromatic rings. The van der Waals surface area contributed by atoms with Crippen LogP contribution in [0.5, 0.6) is 0 Å². The maximum absolute atomic E-state index is 12.0. The van der Waals surface area contributed by atoms with E-state index in [1.54, 1.807) is 0 Å². The third-order valence-corrected chi connectivity index (χ3v) is 4.32. The molecule has 2 N–H and O–H groups in total. The fraction of sp³-hybridized carbons (Fsp3) is 0.333. The van der Waals surface area contributed by atoms with Crippen LogP contribution in [0.3, 0.4) is 0 Å². The molecule has 7 nitrogen and oxygen atoms in total. The van der Waals surface area contributed by atoms with Crippen molar-refractivity contribution in [2.45, 2.75) is 23.8 Å². The van der Waals surface area contributed by atoms with Crippen molar-refractivity contribution in [2.75, 3.05) is 7.11 Å². The maximum atomic E-state index is 12.0. The lowest BCUT2D eigenvalue weighted by Crippen LogP contribution is -2.41. The summed E-state index contributed by atoms with van der Waals surface area (Å²) in [6.07, 6.45) is -0.425. The summed E-state index contributed by atoms with van der Waals surface area (Å²) >= 11 is 5.66. The highest BCUT2D eigenvalue weighted by atomic mass is 35.5. The second-order valence-corrected chi connectivity index (χ2v) is 6.23. The Morgan fingerprint density at radius 3 is 2.38 bits per heavy atom. The molecule has 0 amide bonds. The van der Waals surface area contributed by atoms with Crippen LogP contribution >= 0.6 is 11.6 Å². The molecular formula is C12H14ClNO6S. The molecule has 0 aliphatic carbocycles. The summed E-state index contributed by atoms with van der Waals surface area (Å²) in [5.74, 6) is -2.00. The number of methoxy groups -OCH3 is 1. The molecule has 1 rings (SSSR count). The predicted octanol–water partition coefficient (Wildman–Crippen LogP) is 1.02. The quantitative estimate of drug-likeness (QED) is 0.720. The highest BCUT2D eigenvalue weighted by Gasteiger charge is 2.26. The molecule has 0 bridgehead atoms. The fourth-order valence-electron chi connectivity index (χ4n) is 1.47. The number of carbonyl (C=O) groups is 2. The van der Waals surface area contributed by atoms with Gasteiger partial charge >= 0.3 is 11.9 Å². The first kappa shape index (κ1) is 17.4. The van der Waals surface area contributed by atoms with Gasteiger partial charge in [-0.05, 0) is 30.7 Å². The van der Waals surface area contributed by atoms with Gasteiger partial charge in [0.15, 0.2) is 0 Å². The van der Waals surface area contributed by atoms with E-state index >= 15 is 0 Å². The van der Waals surface area contributed by atoms with Crippen molar-refractivity contribution in [1.29, 1.82) is 0 Å². The Bertz CT molecular complexity index is 613. The molecule has 0 spiro atoms. The van der Waals surface area contributed by atoms with Crippen LogP contribution < -0.4 is 4.72 Å². The minimum absolute atomic E-state index is 0.115. The fourth-order valence-corrected chi connectivity index (χ4v) is 2.82. The molecule has 116 valence electrons. The second kappa shape index (κ2) is 7.39. The average Bonchev–Trinajstić information content (AvgIpc) is 2.43. The van der Waals surface area contributed by atoms with E-state index in [4.69, 9.17) is 16.7 Å². The summed E-state index contributed by atoms with van der Waals surface area (Å²) in [4.78, 5) is 22.0.